The summed E-state index contributed by atoms with van der Waals surface area (Å²) in [5, 5.41) is 22.9. The summed E-state index contributed by atoms with van der Waals surface area (Å²) in [6.07, 6.45) is 3.17. The number of aryl methyl sites for hydroxylation is 1. The molecule has 3 aromatic rings. The van der Waals surface area contributed by atoms with Crippen LogP contribution in [0.4, 0.5) is 0 Å². The molecule has 1 aliphatic heterocycles. The lowest BCUT2D eigenvalue weighted by Crippen LogP contribution is -2.35. The van der Waals surface area contributed by atoms with Crippen molar-refractivity contribution in [3.8, 4) is 10.6 Å². The summed E-state index contributed by atoms with van der Waals surface area (Å²) >= 11 is 1.59. The van der Waals surface area contributed by atoms with Gasteiger partial charge >= 0.3 is 5.97 Å². The molecule has 3 heterocycles. The summed E-state index contributed by atoms with van der Waals surface area (Å²) < 4.78 is 1.96. The molecule has 0 aliphatic carbocycles. The molecule has 0 bridgehead atoms. The van der Waals surface area contributed by atoms with E-state index in [1.165, 1.54) is 0 Å². The van der Waals surface area contributed by atoms with E-state index in [1.54, 1.807) is 17.5 Å². The number of aromatic nitrogens is 2. The Morgan fingerprint density at radius 1 is 1.33 bits per heavy atom. The minimum absolute atomic E-state index is 0.169. The molecule has 0 amide bonds. The molecule has 1 saturated heterocycles. The Hall–Kier alpha value is -2.22. The van der Waals surface area contributed by atoms with Gasteiger partial charge in [-0.3, -0.25) is 4.90 Å². The Balaban J connectivity index is 1.60. The summed E-state index contributed by atoms with van der Waals surface area (Å²) in [7, 11) is 0. The fourth-order valence-corrected chi connectivity index (χ4v) is 4.49. The van der Waals surface area contributed by atoms with E-state index in [9.17, 15) is 15.0 Å². The smallest absolute Gasteiger partial charge is 0.337 e. The Kier molecular flexibility index (Phi) is 4.99. The summed E-state index contributed by atoms with van der Waals surface area (Å²) in [4.78, 5) is 18.7. The molecule has 4 rings (SSSR count). The molecule has 1 aliphatic rings. The van der Waals surface area contributed by atoms with Crippen molar-refractivity contribution in [2.75, 3.05) is 13.1 Å². The predicted molar refractivity (Wildman–Crippen MR) is 106 cm³/mol. The van der Waals surface area contributed by atoms with Gasteiger partial charge in [0.15, 0.2) is 0 Å². The Morgan fingerprint density at radius 3 is 2.81 bits per heavy atom. The van der Waals surface area contributed by atoms with Gasteiger partial charge in [0, 0.05) is 54.2 Å². The van der Waals surface area contributed by atoms with Crippen LogP contribution < -0.4 is 0 Å². The summed E-state index contributed by atoms with van der Waals surface area (Å²) in [6, 6.07) is 5.93. The van der Waals surface area contributed by atoms with Crippen LogP contribution >= 0.6 is 11.3 Å². The number of hydrogen-bond acceptors (Lipinski definition) is 5. The van der Waals surface area contributed by atoms with Crippen molar-refractivity contribution in [3.63, 3.8) is 0 Å². The number of thiazole rings is 1. The largest absolute Gasteiger partial charge is 0.478 e. The van der Waals surface area contributed by atoms with Crippen LogP contribution in [0.25, 0.3) is 21.5 Å². The maximum atomic E-state index is 11.6. The van der Waals surface area contributed by atoms with Gasteiger partial charge in [0.05, 0.1) is 17.4 Å². The number of aromatic carboxylic acids is 1. The number of aliphatic hydroxyl groups is 1. The molecule has 0 saturated carbocycles. The maximum Gasteiger partial charge on any atom is 0.337 e. The number of fused-ring (bicyclic) bond motifs is 1. The SMILES string of the molecule is CCn1cc(C(=O)O)c2cc(-c3nc(CN4CCC(O)CC4)cs3)ccc21. The normalized spacial score (nSPS) is 16.2. The fraction of sp³-hybridized carbons (Fsp3) is 0.400. The van der Waals surface area contributed by atoms with Crippen LogP contribution in [0.15, 0.2) is 29.8 Å². The van der Waals surface area contributed by atoms with Crippen LogP contribution in [-0.2, 0) is 13.1 Å². The summed E-state index contributed by atoms with van der Waals surface area (Å²) in [5.41, 5.74) is 3.24. The second kappa shape index (κ2) is 7.42. The van der Waals surface area contributed by atoms with Crippen LogP contribution in [0.5, 0.6) is 0 Å². The van der Waals surface area contributed by atoms with Crippen molar-refractivity contribution in [1.82, 2.24) is 14.5 Å². The first-order chi connectivity index (χ1) is 13.0. The number of piperidine rings is 1. The number of carboxylic acids is 1. The van der Waals surface area contributed by atoms with Crippen molar-refractivity contribution < 1.29 is 15.0 Å². The lowest BCUT2D eigenvalue weighted by Gasteiger charge is -2.28. The number of likely N-dealkylation sites (tertiary alicyclic amines) is 1. The van der Waals surface area contributed by atoms with Crippen molar-refractivity contribution in [2.45, 2.75) is 39.0 Å². The minimum atomic E-state index is -0.906. The Bertz CT molecular complexity index is 970. The molecule has 1 aromatic carbocycles. The summed E-state index contributed by atoms with van der Waals surface area (Å²) in [5.74, 6) is -0.906. The lowest BCUT2D eigenvalue weighted by atomic mass is 10.1. The van der Waals surface area contributed by atoms with E-state index in [0.29, 0.717) is 5.56 Å². The molecular formula is C20H23N3O3S. The van der Waals surface area contributed by atoms with Gasteiger partial charge in [-0.05, 0) is 38.0 Å². The molecule has 0 radical (unpaired) electrons. The number of hydrogen-bond donors (Lipinski definition) is 2. The predicted octanol–water partition coefficient (Wildman–Crippen LogP) is 3.44. The van der Waals surface area contributed by atoms with E-state index < -0.39 is 5.97 Å². The maximum absolute atomic E-state index is 11.6. The molecule has 27 heavy (non-hydrogen) atoms. The topological polar surface area (TPSA) is 78.6 Å². The quantitative estimate of drug-likeness (QED) is 0.703. The second-order valence-electron chi connectivity index (χ2n) is 7.02. The van der Waals surface area contributed by atoms with Gasteiger partial charge in [-0.1, -0.05) is 0 Å². The Morgan fingerprint density at radius 2 is 2.11 bits per heavy atom. The van der Waals surface area contributed by atoms with Crippen molar-refractivity contribution in [1.29, 1.82) is 0 Å². The average molecular weight is 385 g/mol. The lowest BCUT2D eigenvalue weighted by molar-refractivity contribution is 0.0698. The van der Waals surface area contributed by atoms with Gasteiger partial charge < -0.3 is 14.8 Å². The third-order valence-corrected chi connectivity index (χ3v) is 6.13. The van der Waals surface area contributed by atoms with E-state index in [2.05, 4.69) is 10.3 Å². The molecule has 0 unspecified atom stereocenters. The molecule has 2 N–H and O–H groups in total. The zero-order valence-corrected chi connectivity index (χ0v) is 16.1. The van der Waals surface area contributed by atoms with E-state index in [-0.39, 0.29) is 6.10 Å². The van der Waals surface area contributed by atoms with Gasteiger partial charge in [-0.15, -0.1) is 11.3 Å². The average Bonchev–Trinajstić information content (AvgIpc) is 3.27. The van der Waals surface area contributed by atoms with Gasteiger partial charge in [-0.25, -0.2) is 9.78 Å². The number of carboxylic acid groups (broad SMARTS) is 1. The molecular weight excluding hydrogens is 362 g/mol. The molecule has 142 valence electrons. The number of aliphatic hydroxyl groups excluding tert-OH is 1. The van der Waals surface area contributed by atoms with Crippen molar-refractivity contribution in [2.24, 2.45) is 0 Å². The highest BCUT2D eigenvalue weighted by molar-refractivity contribution is 7.13. The standard InChI is InChI=1S/C20H23N3O3S/c1-2-23-11-17(20(25)26)16-9-13(3-4-18(16)23)19-21-14(12-27-19)10-22-7-5-15(24)6-8-22/h3-4,9,11-12,15,24H,2,5-8,10H2,1H3,(H,25,26). The monoisotopic (exact) mass is 385 g/mol. The van der Waals surface area contributed by atoms with Gasteiger partial charge in [-0.2, -0.15) is 0 Å². The van der Waals surface area contributed by atoms with Crippen LogP contribution in [0, 0.1) is 0 Å². The molecule has 2 aromatic heterocycles. The van der Waals surface area contributed by atoms with Crippen LogP contribution in [0.1, 0.15) is 35.8 Å². The van der Waals surface area contributed by atoms with E-state index in [0.717, 1.165) is 66.2 Å². The molecule has 1 fully saturated rings. The van der Waals surface area contributed by atoms with Crippen molar-refractivity contribution >= 4 is 28.2 Å². The van der Waals surface area contributed by atoms with Gasteiger partial charge in [0.2, 0.25) is 0 Å². The fourth-order valence-electron chi connectivity index (χ4n) is 3.68. The van der Waals surface area contributed by atoms with Crippen LogP contribution in [0.2, 0.25) is 0 Å². The Labute approximate surface area is 161 Å². The molecule has 7 heteroatoms. The van der Waals surface area contributed by atoms with Gasteiger partial charge in [0.1, 0.15) is 5.01 Å². The highest BCUT2D eigenvalue weighted by Gasteiger charge is 2.19. The first kappa shape index (κ1) is 18.2. The van der Waals surface area contributed by atoms with Gasteiger partial charge in [0.25, 0.3) is 0 Å². The zero-order chi connectivity index (χ0) is 19.0. The molecule has 0 atom stereocenters. The van der Waals surface area contributed by atoms with E-state index in [1.807, 2.05) is 29.7 Å². The summed E-state index contributed by atoms with van der Waals surface area (Å²) in [6.45, 7) is 5.32. The molecule has 0 spiro atoms. The van der Waals surface area contributed by atoms with Crippen LogP contribution in [0.3, 0.4) is 0 Å². The number of nitrogens with zero attached hydrogens (tertiary/aromatic N) is 3. The van der Waals surface area contributed by atoms with E-state index in [4.69, 9.17) is 4.98 Å². The third kappa shape index (κ3) is 3.63. The highest BCUT2D eigenvalue weighted by atomic mass is 32.1. The number of rotatable bonds is 5. The highest BCUT2D eigenvalue weighted by Crippen LogP contribution is 2.30. The second-order valence-corrected chi connectivity index (χ2v) is 7.88. The number of benzene rings is 1. The number of carbonyl (C=O) groups is 1. The first-order valence-corrected chi connectivity index (χ1v) is 10.1. The van der Waals surface area contributed by atoms with E-state index >= 15 is 0 Å². The zero-order valence-electron chi connectivity index (χ0n) is 15.3. The van der Waals surface area contributed by atoms with Crippen LogP contribution in [-0.4, -0.2) is 49.8 Å². The van der Waals surface area contributed by atoms with Crippen molar-refractivity contribution in [3.05, 3.63) is 41.0 Å². The molecule has 6 nitrogen and oxygen atoms in total. The first-order valence-electron chi connectivity index (χ1n) is 9.26. The minimum Gasteiger partial charge on any atom is -0.478 e. The third-order valence-electron chi connectivity index (χ3n) is 5.19.